The normalized spacial score (nSPS) is 12.9. The average molecular weight is 550 g/mol. The summed E-state index contributed by atoms with van der Waals surface area (Å²) in [6.07, 6.45) is 0.750. The summed E-state index contributed by atoms with van der Waals surface area (Å²) in [5.41, 5.74) is 3.95. The van der Waals surface area contributed by atoms with Crippen LogP contribution in [0.2, 0.25) is 0 Å². The Balaban J connectivity index is 2.04. The van der Waals surface area contributed by atoms with E-state index in [0.29, 0.717) is 11.3 Å². The maximum Gasteiger partial charge on any atom is 0.264 e. The van der Waals surface area contributed by atoms with Crippen LogP contribution in [0.1, 0.15) is 49.4 Å². The van der Waals surface area contributed by atoms with Crippen LogP contribution in [0.15, 0.2) is 77.7 Å². The van der Waals surface area contributed by atoms with E-state index in [4.69, 9.17) is 0 Å². The number of anilines is 1. The molecular formula is C31H39N3O4S. The number of hydrogen-bond acceptors (Lipinski definition) is 4. The molecule has 0 fully saturated rings. The molecule has 0 saturated heterocycles. The van der Waals surface area contributed by atoms with Gasteiger partial charge >= 0.3 is 0 Å². The highest BCUT2D eigenvalue weighted by Crippen LogP contribution is 2.27. The Morgan fingerprint density at radius 1 is 0.872 bits per heavy atom. The van der Waals surface area contributed by atoms with E-state index in [1.807, 2.05) is 71.0 Å². The smallest absolute Gasteiger partial charge is 0.264 e. The van der Waals surface area contributed by atoms with Crippen molar-refractivity contribution in [3.05, 3.63) is 95.1 Å². The highest BCUT2D eigenvalue weighted by atomic mass is 32.2. The highest BCUT2D eigenvalue weighted by molar-refractivity contribution is 7.92. The van der Waals surface area contributed by atoms with Gasteiger partial charge in [-0.05, 0) is 70.4 Å². The predicted octanol–water partition coefficient (Wildman–Crippen LogP) is 5.14. The molecule has 1 N–H and O–H groups in total. The van der Waals surface area contributed by atoms with E-state index in [1.54, 1.807) is 43.3 Å². The van der Waals surface area contributed by atoms with E-state index < -0.39 is 28.5 Å². The minimum atomic E-state index is -4.09. The van der Waals surface area contributed by atoms with Gasteiger partial charge in [0.05, 0.1) is 10.6 Å². The topological polar surface area (TPSA) is 86.8 Å². The first kappa shape index (κ1) is 29.9. The summed E-state index contributed by atoms with van der Waals surface area (Å²) in [6.45, 7) is 10.9. The van der Waals surface area contributed by atoms with Crippen molar-refractivity contribution in [2.24, 2.45) is 0 Å². The van der Waals surface area contributed by atoms with Crippen LogP contribution in [0.3, 0.4) is 0 Å². The molecule has 0 aromatic heterocycles. The molecule has 7 nitrogen and oxygen atoms in total. The molecule has 208 valence electrons. The number of rotatable bonds is 11. The van der Waals surface area contributed by atoms with Gasteiger partial charge < -0.3 is 10.2 Å². The first-order valence-electron chi connectivity index (χ1n) is 13.2. The zero-order valence-corrected chi connectivity index (χ0v) is 24.5. The molecule has 3 aromatic carbocycles. The van der Waals surface area contributed by atoms with Crippen molar-refractivity contribution in [3.8, 4) is 0 Å². The molecule has 3 aromatic rings. The molecule has 39 heavy (non-hydrogen) atoms. The summed E-state index contributed by atoms with van der Waals surface area (Å²) in [5, 5.41) is 2.95. The Kier molecular flexibility index (Phi) is 9.92. The molecule has 0 saturated carbocycles. The van der Waals surface area contributed by atoms with Crippen LogP contribution >= 0.6 is 0 Å². The van der Waals surface area contributed by atoms with E-state index in [1.165, 1.54) is 4.90 Å². The summed E-state index contributed by atoms with van der Waals surface area (Å²) in [5.74, 6) is -0.753. The Morgan fingerprint density at radius 3 is 2.15 bits per heavy atom. The number of para-hydroxylation sites is 1. The number of amides is 2. The molecular weight excluding hydrogens is 510 g/mol. The third-order valence-corrected chi connectivity index (χ3v) is 8.65. The number of carbonyl (C=O) groups excluding carboxylic acids is 2. The number of hydrogen-bond donors (Lipinski definition) is 1. The van der Waals surface area contributed by atoms with E-state index >= 15 is 0 Å². The first-order chi connectivity index (χ1) is 18.4. The van der Waals surface area contributed by atoms with Gasteiger partial charge in [0.25, 0.3) is 10.0 Å². The van der Waals surface area contributed by atoms with Crippen LogP contribution in [0.25, 0.3) is 0 Å². The van der Waals surface area contributed by atoms with Crippen LogP contribution in [0.5, 0.6) is 0 Å². The first-order valence-corrected chi connectivity index (χ1v) is 14.7. The lowest BCUT2D eigenvalue weighted by Gasteiger charge is -2.33. The molecule has 0 aliphatic heterocycles. The summed E-state index contributed by atoms with van der Waals surface area (Å²) < 4.78 is 29.0. The second kappa shape index (κ2) is 12.9. The van der Waals surface area contributed by atoms with Crippen molar-refractivity contribution >= 4 is 27.5 Å². The van der Waals surface area contributed by atoms with E-state index in [2.05, 4.69) is 5.32 Å². The lowest BCUT2D eigenvalue weighted by molar-refractivity contribution is -0.139. The lowest BCUT2D eigenvalue weighted by atomic mass is 10.1. The molecule has 8 heteroatoms. The Bertz CT molecular complexity index is 1400. The molecule has 0 heterocycles. The predicted molar refractivity (Wildman–Crippen MR) is 156 cm³/mol. The second-order valence-corrected chi connectivity index (χ2v) is 12.0. The third kappa shape index (κ3) is 7.47. The van der Waals surface area contributed by atoms with Crippen molar-refractivity contribution in [1.29, 1.82) is 0 Å². The maximum atomic E-state index is 14.0. The summed E-state index contributed by atoms with van der Waals surface area (Å²) in [6, 6.07) is 20.5. The maximum absolute atomic E-state index is 14.0. The fourth-order valence-electron chi connectivity index (χ4n) is 4.25. The van der Waals surface area contributed by atoms with Gasteiger partial charge in [-0.2, -0.15) is 0 Å². The van der Waals surface area contributed by atoms with Gasteiger partial charge in [0.1, 0.15) is 12.6 Å². The monoisotopic (exact) mass is 549 g/mol. The average Bonchev–Trinajstić information content (AvgIpc) is 2.90. The second-order valence-electron chi connectivity index (χ2n) is 10.1. The van der Waals surface area contributed by atoms with Crippen LogP contribution in [-0.4, -0.2) is 43.8 Å². The molecule has 0 aliphatic rings. The molecule has 2 atom stereocenters. The lowest BCUT2D eigenvalue weighted by Crippen LogP contribution is -2.52. The van der Waals surface area contributed by atoms with Crippen molar-refractivity contribution in [3.63, 3.8) is 0 Å². The quantitative estimate of drug-likeness (QED) is 0.359. The standard InChI is InChI=1S/C31H39N3O4S/c1-7-25(5)32-31(36)26(6)33(20-27-13-10-11-23(3)19-27)30(35)21-34(29-14-9-8-12-24(29)4)39(37,38)28-17-15-22(2)16-18-28/h8-19,25-26H,7,20-21H2,1-6H3,(H,32,36)/t25-,26+/m1/s1. The fraction of sp³-hybridized carbons (Fsp3) is 0.355. The zero-order chi connectivity index (χ0) is 28.7. The minimum Gasteiger partial charge on any atom is -0.352 e. The molecule has 0 aliphatic carbocycles. The van der Waals surface area contributed by atoms with Crippen LogP contribution in [-0.2, 0) is 26.2 Å². The fourth-order valence-corrected chi connectivity index (χ4v) is 5.73. The number of nitrogens with zero attached hydrogens (tertiary/aromatic N) is 2. The number of carbonyl (C=O) groups is 2. The van der Waals surface area contributed by atoms with Gasteiger partial charge in [-0.25, -0.2) is 8.42 Å². The number of nitrogens with one attached hydrogen (secondary N) is 1. The molecule has 0 unspecified atom stereocenters. The number of aryl methyl sites for hydroxylation is 3. The van der Waals surface area contributed by atoms with Gasteiger partial charge in [0.15, 0.2) is 0 Å². The van der Waals surface area contributed by atoms with Crippen LogP contribution in [0.4, 0.5) is 5.69 Å². The number of sulfonamides is 1. The highest BCUT2D eigenvalue weighted by Gasteiger charge is 2.33. The van der Waals surface area contributed by atoms with Crippen molar-refractivity contribution < 1.29 is 18.0 Å². The molecule has 3 rings (SSSR count). The molecule has 0 bridgehead atoms. The number of benzene rings is 3. The minimum absolute atomic E-state index is 0.0544. The van der Waals surface area contributed by atoms with Gasteiger partial charge in [0, 0.05) is 12.6 Å². The van der Waals surface area contributed by atoms with Gasteiger partial charge in [0.2, 0.25) is 11.8 Å². The Morgan fingerprint density at radius 2 is 1.54 bits per heavy atom. The van der Waals surface area contributed by atoms with Gasteiger partial charge in [-0.3, -0.25) is 13.9 Å². The van der Waals surface area contributed by atoms with E-state index in [0.717, 1.165) is 27.4 Å². The molecule has 0 radical (unpaired) electrons. The zero-order valence-electron chi connectivity index (χ0n) is 23.6. The Hall–Kier alpha value is -3.65. The molecule has 2 amide bonds. The molecule has 0 spiro atoms. The summed E-state index contributed by atoms with van der Waals surface area (Å²) in [7, 11) is -4.09. The van der Waals surface area contributed by atoms with Crippen molar-refractivity contribution in [2.75, 3.05) is 10.8 Å². The van der Waals surface area contributed by atoms with E-state index in [-0.39, 0.29) is 23.4 Å². The summed E-state index contributed by atoms with van der Waals surface area (Å²) in [4.78, 5) is 28.7. The summed E-state index contributed by atoms with van der Waals surface area (Å²) >= 11 is 0. The third-order valence-electron chi connectivity index (χ3n) is 6.88. The Labute approximate surface area is 232 Å². The van der Waals surface area contributed by atoms with E-state index in [9.17, 15) is 18.0 Å². The van der Waals surface area contributed by atoms with Crippen LogP contribution < -0.4 is 9.62 Å². The van der Waals surface area contributed by atoms with Crippen molar-refractivity contribution in [1.82, 2.24) is 10.2 Å². The largest absolute Gasteiger partial charge is 0.352 e. The van der Waals surface area contributed by atoms with Crippen LogP contribution in [0, 0.1) is 20.8 Å². The van der Waals surface area contributed by atoms with Crippen molar-refractivity contribution in [2.45, 2.75) is 71.5 Å². The SMILES string of the molecule is CC[C@@H](C)NC(=O)[C@H](C)N(Cc1cccc(C)c1)C(=O)CN(c1ccccc1C)S(=O)(=O)c1ccc(C)cc1. The van der Waals surface area contributed by atoms with Gasteiger partial charge in [-0.1, -0.05) is 72.6 Å². The van der Waals surface area contributed by atoms with Gasteiger partial charge in [-0.15, -0.1) is 0 Å².